The highest BCUT2D eigenvalue weighted by Gasteiger charge is 2.20. The van der Waals surface area contributed by atoms with Crippen LogP contribution < -0.4 is 5.32 Å². The van der Waals surface area contributed by atoms with Gasteiger partial charge < -0.3 is 9.26 Å². The van der Waals surface area contributed by atoms with Crippen molar-refractivity contribution in [2.24, 2.45) is 0 Å². The number of benzene rings is 1. The molecule has 25 heavy (non-hydrogen) atoms. The summed E-state index contributed by atoms with van der Waals surface area (Å²) in [5.41, 5.74) is 2.95. The third-order valence-corrected chi connectivity index (χ3v) is 4.50. The van der Waals surface area contributed by atoms with E-state index in [1.165, 1.54) is 0 Å². The van der Waals surface area contributed by atoms with Crippen molar-refractivity contribution in [1.82, 2.24) is 5.16 Å². The van der Waals surface area contributed by atoms with E-state index in [-0.39, 0.29) is 6.10 Å². The van der Waals surface area contributed by atoms with Crippen molar-refractivity contribution in [2.45, 2.75) is 32.8 Å². The van der Waals surface area contributed by atoms with Crippen molar-refractivity contribution >= 4 is 27.7 Å². The predicted molar refractivity (Wildman–Crippen MR) is 100 cm³/mol. The summed E-state index contributed by atoms with van der Waals surface area (Å²) < 4.78 is 11.8. The van der Waals surface area contributed by atoms with Crippen LogP contribution in [0.4, 0.5) is 10.5 Å². The van der Waals surface area contributed by atoms with Crippen LogP contribution in [0.25, 0.3) is 11.3 Å². The summed E-state index contributed by atoms with van der Waals surface area (Å²) in [5.74, 6) is 0.506. The number of hydrogen-bond acceptors (Lipinski definition) is 4. The largest absolute Gasteiger partial charge is 0.441 e. The smallest absolute Gasteiger partial charge is 0.412 e. The molecule has 0 aliphatic heterocycles. The number of rotatable bonds is 4. The number of aryl methyl sites for hydroxylation is 1. The third kappa shape index (κ3) is 4.20. The summed E-state index contributed by atoms with van der Waals surface area (Å²) in [6.45, 7) is 3.63. The Morgan fingerprint density at radius 3 is 2.76 bits per heavy atom. The van der Waals surface area contributed by atoms with Gasteiger partial charge in [-0.1, -0.05) is 39.3 Å². The first-order valence-corrected chi connectivity index (χ1v) is 8.90. The number of nitrogens with one attached hydrogen (secondary N) is 1. The second-order valence-corrected chi connectivity index (χ2v) is 6.75. The number of halogens is 1. The van der Waals surface area contributed by atoms with E-state index < -0.39 is 6.09 Å². The van der Waals surface area contributed by atoms with E-state index in [0.717, 1.165) is 28.5 Å². The first-order valence-electron chi connectivity index (χ1n) is 8.11. The fourth-order valence-electron chi connectivity index (χ4n) is 2.61. The Kier molecular flexibility index (Phi) is 5.38. The Morgan fingerprint density at radius 2 is 2.08 bits per heavy atom. The lowest BCUT2D eigenvalue weighted by Gasteiger charge is -2.17. The summed E-state index contributed by atoms with van der Waals surface area (Å²) in [5, 5.41) is 6.72. The van der Waals surface area contributed by atoms with Crippen LogP contribution in [0.3, 0.4) is 0 Å². The minimum Gasteiger partial charge on any atom is -0.441 e. The zero-order valence-electron chi connectivity index (χ0n) is 14.1. The van der Waals surface area contributed by atoms with Gasteiger partial charge in [0.05, 0.1) is 0 Å². The quantitative estimate of drug-likeness (QED) is 0.719. The van der Waals surface area contributed by atoms with E-state index in [1.807, 2.05) is 37.3 Å². The number of allylic oxidation sites excluding steroid dienone is 2. The zero-order chi connectivity index (χ0) is 17.8. The van der Waals surface area contributed by atoms with E-state index >= 15 is 0 Å². The molecule has 0 radical (unpaired) electrons. The summed E-state index contributed by atoms with van der Waals surface area (Å²) >= 11 is 3.40. The zero-order valence-corrected chi connectivity index (χ0v) is 15.7. The van der Waals surface area contributed by atoms with Gasteiger partial charge >= 0.3 is 6.09 Å². The van der Waals surface area contributed by atoms with E-state index in [2.05, 4.69) is 38.6 Å². The number of amides is 1. The second kappa shape index (κ2) is 7.70. The van der Waals surface area contributed by atoms with Crippen LogP contribution in [-0.4, -0.2) is 17.4 Å². The van der Waals surface area contributed by atoms with Crippen LogP contribution in [0.5, 0.6) is 0 Å². The van der Waals surface area contributed by atoms with Gasteiger partial charge in [-0.15, -0.1) is 0 Å². The van der Waals surface area contributed by atoms with Gasteiger partial charge in [0, 0.05) is 10.0 Å². The highest BCUT2D eigenvalue weighted by atomic mass is 79.9. The third-order valence-electron chi connectivity index (χ3n) is 3.97. The number of ether oxygens (including phenoxy) is 1. The summed E-state index contributed by atoms with van der Waals surface area (Å²) in [7, 11) is 0. The van der Waals surface area contributed by atoms with Gasteiger partial charge in [-0.05, 0) is 56.5 Å². The molecule has 1 aliphatic carbocycles. The Hall–Kier alpha value is -2.34. The molecule has 130 valence electrons. The number of carbonyl (C=O) groups is 1. The molecule has 1 aromatic carbocycles. The number of anilines is 1. The van der Waals surface area contributed by atoms with Gasteiger partial charge in [0.15, 0.2) is 5.76 Å². The molecule has 1 heterocycles. The molecule has 0 fully saturated rings. The standard InChI is InChI=1S/C19H19BrN2O3/c1-12-17(18(25-22-12)15-8-10-16(20)11-9-15)21-19(23)24-13(2)14-6-4-3-5-7-14/h4,6-11,13H,3,5H2,1-2H3,(H,21,23). The van der Waals surface area contributed by atoms with Gasteiger partial charge in [-0.3, -0.25) is 5.32 Å². The van der Waals surface area contributed by atoms with Crippen molar-refractivity contribution in [2.75, 3.05) is 5.32 Å². The maximum absolute atomic E-state index is 12.3. The first kappa shape index (κ1) is 17.5. The van der Waals surface area contributed by atoms with Crippen LogP contribution in [0.15, 0.2) is 57.1 Å². The van der Waals surface area contributed by atoms with Gasteiger partial charge in [0.2, 0.25) is 0 Å². The molecule has 0 saturated carbocycles. The Bertz CT molecular complexity index is 822. The average molecular weight is 403 g/mol. The molecular weight excluding hydrogens is 384 g/mol. The van der Waals surface area contributed by atoms with Crippen molar-refractivity contribution < 1.29 is 14.1 Å². The second-order valence-electron chi connectivity index (χ2n) is 5.84. The van der Waals surface area contributed by atoms with Crippen LogP contribution in [0.1, 0.15) is 25.5 Å². The summed E-state index contributed by atoms with van der Waals surface area (Å²) in [6.07, 6.45) is 7.33. The molecule has 2 aromatic rings. The maximum atomic E-state index is 12.3. The van der Waals surface area contributed by atoms with Crippen molar-refractivity contribution in [3.8, 4) is 11.3 Å². The fourth-order valence-corrected chi connectivity index (χ4v) is 2.87. The molecule has 1 unspecified atom stereocenters. The van der Waals surface area contributed by atoms with Crippen molar-refractivity contribution in [3.05, 3.63) is 58.2 Å². The lowest BCUT2D eigenvalue weighted by atomic mass is 10.0. The minimum atomic E-state index is -0.531. The number of hydrogen-bond donors (Lipinski definition) is 1. The van der Waals surface area contributed by atoms with Crippen LogP contribution in [0.2, 0.25) is 0 Å². The molecule has 1 aromatic heterocycles. The monoisotopic (exact) mass is 402 g/mol. The highest BCUT2D eigenvalue weighted by molar-refractivity contribution is 9.10. The van der Waals surface area contributed by atoms with Crippen molar-refractivity contribution in [1.29, 1.82) is 0 Å². The molecular formula is C19H19BrN2O3. The minimum absolute atomic E-state index is 0.312. The average Bonchev–Trinajstić information content (AvgIpc) is 2.97. The van der Waals surface area contributed by atoms with Gasteiger partial charge in [0.1, 0.15) is 17.5 Å². The number of nitrogens with zero attached hydrogens (tertiary/aromatic N) is 1. The van der Waals surface area contributed by atoms with Crippen LogP contribution in [0, 0.1) is 6.92 Å². The molecule has 1 atom stereocenters. The topological polar surface area (TPSA) is 64.4 Å². The lowest BCUT2D eigenvalue weighted by molar-refractivity contribution is 0.138. The fraction of sp³-hybridized carbons (Fsp3) is 0.263. The summed E-state index contributed by atoms with van der Waals surface area (Å²) in [6, 6.07) is 7.58. The number of aromatic nitrogens is 1. The predicted octanol–water partition coefficient (Wildman–Crippen LogP) is 5.63. The molecule has 3 rings (SSSR count). The molecule has 5 nitrogen and oxygen atoms in total. The molecule has 1 N–H and O–H groups in total. The molecule has 0 bridgehead atoms. The molecule has 1 amide bonds. The van der Waals surface area contributed by atoms with Gasteiger partial charge in [-0.25, -0.2) is 4.79 Å². The van der Waals surface area contributed by atoms with Crippen molar-refractivity contribution in [3.63, 3.8) is 0 Å². The first-order chi connectivity index (χ1) is 12.0. The number of carbonyl (C=O) groups excluding carboxylic acids is 1. The Morgan fingerprint density at radius 1 is 1.32 bits per heavy atom. The normalized spacial score (nSPS) is 14.8. The lowest BCUT2D eigenvalue weighted by Crippen LogP contribution is -2.22. The van der Waals surface area contributed by atoms with E-state index in [4.69, 9.17) is 9.26 Å². The van der Waals surface area contributed by atoms with E-state index in [9.17, 15) is 4.79 Å². The van der Waals surface area contributed by atoms with Crippen LogP contribution in [-0.2, 0) is 4.74 Å². The SMILES string of the molecule is Cc1noc(-c2ccc(Br)cc2)c1NC(=O)OC(C)C1=CCCC=C1. The molecule has 0 spiro atoms. The highest BCUT2D eigenvalue weighted by Crippen LogP contribution is 2.32. The Labute approximate surface area is 154 Å². The summed E-state index contributed by atoms with van der Waals surface area (Å²) in [4.78, 5) is 12.3. The van der Waals surface area contributed by atoms with E-state index in [1.54, 1.807) is 6.92 Å². The van der Waals surface area contributed by atoms with Gasteiger partial charge in [0.25, 0.3) is 0 Å². The van der Waals surface area contributed by atoms with Gasteiger partial charge in [-0.2, -0.15) is 0 Å². The molecule has 6 heteroatoms. The maximum Gasteiger partial charge on any atom is 0.412 e. The van der Waals surface area contributed by atoms with Crippen LogP contribution >= 0.6 is 15.9 Å². The Balaban J connectivity index is 1.73. The molecule has 1 aliphatic rings. The molecule has 0 saturated heterocycles. The van der Waals surface area contributed by atoms with E-state index in [0.29, 0.717) is 17.1 Å².